The van der Waals surface area contributed by atoms with E-state index in [0.29, 0.717) is 0 Å². The topological polar surface area (TPSA) is 37.1 Å². The van der Waals surface area contributed by atoms with Crippen molar-refractivity contribution in [2.45, 2.75) is 18.2 Å². The largest absolute Gasteiger partial charge is 0.330 e. The first kappa shape index (κ1) is 10.1. The van der Waals surface area contributed by atoms with Crippen molar-refractivity contribution in [3.05, 3.63) is 65.7 Å². The molecule has 1 unspecified atom stereocenters. The molecule has 1 spiro atoms. The number of hydrogen-bond donors (Lipinski definition) is 1. The van der Waals surface area contributed by atoms with Crippen molar-refractivity contribution in [1.29, 1.82) is 0 Å². The average Bonchev–Trinajstić information content (AvgIpc) is 3.12. The van der Waals surface area contributed by atoms with E-state index in [9.17, 15) is 0 Å². The van der Waals surface area contributed by atoms with Crippen LogP contribution in [-0.2, 0) is 16.2 Å². The quantitative estimate of drug-likeness (QED) is 0.646. The molecule has 1 atom stereocenters. The number of anilines is 1. The summed E-state index contributed by atoms with van der Waals surface area (Å²) >= 11 is 0. The van der Waals surface area contributed by atoms with Crippen LogP contribution < -0.4 is 5.32 Å². The smallest absolute Gasteiger partial charge is 0.315 e. The van der Waals surface area contributed by atoms with Crippen LogP contribution in [0.5, 0.6) is 0 Å². The Bertz CT molecular complexity index is 578. The van der Waals surface area contributed by atoms with Crippen molar-refractivity contribution in [2.24, 2.45) is 0 Å². The van der Waals surface area contributed by atoms with Crippen LogP contribution in [-0.4, -0.2) is 5.91 Å². The van der Waals surface area contributed by atoms with Gasteiger partial charge in [0, 0.05) is 5.69 Å². The molecular weight excluding hydrogens is 226 g/mol. The first-order valence-electron chi connectivity index (χ1n) is 6.15. The molecule has 2 aromatic carbocycles. The van der Waals surface area contributed by atoms with Crippen LogP contribution in [0.3, 0.4) is 0 Å². The first-order valence-corrected chi connectivity index (χ1v) is 6.15. The molecular formula is C15H13NO2. The SMILES string of the molecule is c1ccc(CC2c3ccccc3NC23OO3)cc1. The van der Waals surface area contributed by atoms with E-state index in [1.165, 1.54) is 11.1 Å². The van der Waals surface area contributed by atoms with E-state index in [1.807, 2.05) is 12.1 Å². The molecule has 2 aliphatic rings. The monoisotopic (exact) mass is 239 g/mol. The molecule has 2 heterocycles. The van der Waals surface area contributed by atoms with Crippen LogP contribution in [0.4, 0.5) is 5.69 Å². The van der Waals surface area contributed by atoms with Gasteiger partial charge in [0.1, 0.15) is 0 Å². The lowest BCUT2D eigenvalue weighted by Gasteiger charge is -2.12. The van der Waals surface area contributed by atoms with Crippen LogP contribution in [0.2, 0.25) is 0 Å². The molecule has 3 nitrogen and oxygen atoms in total. The average molecular weight is 239 g/mol. The van der Waals surface area contributed by atoms with E-state index in [2.05, 4.69) is 47.8 Å². The molecule has 0 amide bonds. The van der Waals surface area contributed by atoms with Crippen molar-refractivity contribution < 1.29 is 9.78 Å². The van der Waals surface area contributed by atoms with Gasteiger partial charge in [-0.05, 0) is 23.6 Å². The van der Waals surface area contributed by atoms with Gasteiger partial charge < -0.3 is 5.32 Å². The van der Waals surface area contributed by atoms with E-state index in [0.717, 1.165) is 12.1 Å². The highest BCUT2D eigenvalue weighted by Crippen LogP contribution is 2.52. The fraction of sp³-hybridized carbons (Fsp3) is 0.200. The third kappa shape index (κ3) is 1.45. The Morgan fingerprint density at radius 3 is 2.44 bits per heavy atom. The number of fused-ring (bicyclic) bond motifs is 1. The molecule has 0 aliphatic carbocycles. The second-order valence-corrected chi connectivity index (χ2v) is 4.79. The van der Waals surface area contributed by atoms with E-state index < -0.39 is 5.91 Å². The maximum atomic E-state index is 5.21. The zero-order chi connectivity index (χ0) is 12.0. The standard InChI is InChI=1S/C15H13NO2/c1-2-6-11(7-3-1)10-13-12-8-4-5-9-14(12)16-15(13)17-18-15/h1-9,13,16H,10H2. The Hall–Kier alpha value is -1.84. The minimum atomic E-state index is -0.625. The lowest BCUT2D eigenvalue weighted by molar-refractivity contribution is 0.0850. The fourth-order valence-electron chi connectivity index (χ4n) is 2.69. The summed E-state index contributed by atoms with van der Waals surface area (Å²) in [5, 5.41) is 3.31. The molecule has 18 heavy (non-hydrogen) atoms. The van der Waals surface area contributed by atoms with Crippen molar-refractivity contribution in [3.63, 3.8) is 0 Å². The molecule has 3 heteroatoms. The molecule has 2 aromatic rings. The van der Waals surface area contributed by atoms with Gasteiger partial charge in [-0.15, -0.1) is 0 Å². The summed E-state index contributed by atoms with van der Waals surface area (Å²) < 4.78 is 0. The normalized spacial score (nSPS) is 22.6. The predicted octanol–water partition coefficient (Wildman–Crippen LogP) is 3.05. The Labute approximate surface area is 105 Å². The molecule has 1 N–H and O–H groups in total. The molecule has 1 fully saturated rings. The van der Waals surface area contributed by atoms with Gasteiger partial charge >= 0.3 is 5.91 Å². The molecule has 90 valence electrons. The highest BCUT2D eigenvalue weighted by atomic mass is 17.4. The molecule has 0 radical (unpaired) electrons. The van der Waals surface area contributed by atoms with Crippen molar-refractivity contribution in [1.82, 2.24) is 0 Å². The van der Waals surface area contributed by atoms with Gasteiger partial charge in [-0.2, -0.15) is 9.78 Å². The molecule has 2 aliphatic heterocycles. The lowest BCUT2D eigenvalue weighted by atomic mass is 9.92. The number of para-hydroxylation sites is 1. The van der Waals surface area contributed by atoms with Gasteiger partial charge in [-0.3, -0.25) is 0 Å². The maximum absolute atomic E-state index is 5.21. The van der Waals surface area contributed by atoms with Crippen molar-refractivity contribution in [2.75, 3.05) is 5.32 Å². The maximum Gasteiger partial charge on any atom is 0.315 e. The van der Waals surface area contributed by atoms with Crippen LogP contribution in [0.25, 0.3) is 0 Å². The highest BCUT2D eigenvalue weighted by molar-refractivity contribution is 5.60. The van der Waals surface area contributed by atoms with E-state index in [1.54, 1.807) is 0 Å². The van der Waals surface area contributed by atoms with E-state index in [4.69, 9.17) is 9.78 Å². The van der Waals surface area contributed by atoms with Gasteiger partial charge in [-0.25, -0.2) is 0 Å². The summed E-state index contributed by atoms with van der Waals surface area (Å²) in [5.41, 5.74) is 3.66. The summed E-state index contributed by atoms with van der Waals surface area (Å²) in [6.45, 7) is 0. The Kier molecular flexibility index (Phi) is 2.01. The van der Waals surface area contributed by atoms with Crippen LogP contribution in [0, 0.1) is 0 Å². The third-order valence-corrected chi connectivity index (χ3v) is 3.65. The molecule has 4 rings (SSSR count). The summed E-state index contributed by atoms with van der Waals surface area (Å²) in [7, 11) is 0. The van der Waals surface area contributed by atoms with Gasteiger partial charge in [-0.1, -0.05) is 48.5 Å². The van der Waals surface area contributed by atoms with Crippen LogP contribution in [0.1, 0.15) is 17.0 Å². The molecule has 0 bridgehead atoms. The Morgan fingerprint density at radius 2 is 1.67 bits per heavy atom. The van der Waals surface area contributed by atoms with Gasteiger partial charge in [0.2, 0.25) is 0 Å². The second kappa shape index (κ2) is 3.57. The van der Waals surface area contributed by atoms with E-state index in [-0.39, 0.29) is 5.92 Å². The summed E-state index contributed by atoms with van der Waals surface area (Å²) in [5.74, 6) is -0.421. The van der Waals surface area contributed by atoms with Gasteiger partial charge in [0.15, 0.2) is 0 Å². The van der Waals surface area contributed by atoms with E-state index >= 15 is 0 Å². The zero-order valence-electron chi connectivity index (χ0n) is 9.80. The summed E-state index contributed by atoms with van der Waals surface area (Å²) in [6, 6.07) is 18.7. The van der Waals surface area contributed by atoms with Gasteiger partial charge in [0.05, 0.1) is 5.92 Å². The third-order valence-electron chi connectivity index (χ3n) is 3.65. The number of hydrogen-bond acceptors (Lipinski definition) is 3. The number of rotatable bonds is 2. The Balaban J connectivity index is 1.71. The van der Waals surface area contributed by atoms with Crippen LogP contribution in [0.15, 0.2) is 54.6 Å². The van der Waals surface area contributed by atoms with Gasteiger partial charge in [0.25, 0.3) is 0 Å². The minimum absolute atomic E-state index is 0.205. The molecule has 1 saturated heterocycles. The zero-order valence-corrected chi connectivity index (χ0v) is 9.80. The summed E-state index contributed by atoms with van der Waals surface area (Å²) in [6.07, 6.45) is 0.908. The molecule has 0 saturated carbocycles. The minimum Gasteiger partial charge on any atom is -0.330 e. The fourth-order valence-corrected chi connectivity index (χ4v) is 2.69. The molecule has 0 aromatic heterocycles. The van der Waals surface area contributed by atoms with Crippen LogP contribution >= 0.6 is 0 Å². The highest BCUT2D eigenvalue weighted by Gasteiger charge is 2.61. The lowest BCUT2D eigenvalue weighted by Crippen LogP contribution is -2.25. The first-order chi connectivity index (χ1) is 8.87. The number of benzene rings is 2. The number of nitrogens with one attached hydrogen (secondary N) is 1. The van der Waals surface area contributed by atoms with Crippen molar-refractivity contribution >= 4 is 5.69 Å². The summed E-state index contributed by atoms with van der Waals surface area (Å²) in [4.78, 5) is 10.4. The van der Waals surface area contributed by atoms with Crippen molar-refractivity contribution in [3.8, 4) is 0 Å². The second-order valence-electron chi connectivity index (χ2n) is 4.79. The predicted molar refractivity (Wildman–Crippen MR) is 67.9 cm³/mol. The Morgan fingerprint density at radius 1 is 0.944 bits per heavy atom.